The van der Waals surface area contributed by atoms with Crippen LogP contribution in [0.15, 0.2) is 54.6 Å². The number of carbonyl (C=O) groups is 1. The number of hydrogen-bond acceptors (Lipinski definition) is 3. The smallest absolute Gasteiger partial charge is 0.410 e. The highest BCUT2D eigenvalue weighted by molar-refractivity contribution is 6.30. The van der Waals surface area contributed by atoms with Gasteiger partial charge in [-0.05, 0) is 48.9 Å². The van der Waals surface area contributed by atoms with Gasteiger partial charge < -0.3 is 10.5 Å². The number of rotatable bonds is 4. The van der Waals surface area contributed by atoms with Gasteiger partial charge in [-0.2, -0.15) is 0 Å². The van der Waals surface area contributed by atoms with E-state index in [0.29, 0.717) is 13.2 Å². The lowest BCUT2D eigenvalue weighted by atomic mass is 9.68. The number of halogens is 1. The van der Waals surface area contributed by atoms with Crippen LogP contribution >= 0.6 is 11.6 Å². The van der Waals surface area contributed by atoms with Gasteiger partial charge in [0.2, 0.25) is 0 Å². The van der Waals surface area contributed by atoms with Crippen molar-refractivity contribution in [2.75, 3.05) is 13.2 Å². The quantitative estimate of drug-likeness (QED) is 0.833. The standard InChI is InChI=1S/C22H25ClN2O2/c23-18-8-4-7-17(13-18)22(15-24)11-9-19(10-12-22)25-20(14-27-21(25)26)16-5-2-1-3-6-16/h1-8,13,19-20H,9-12,14-15,24H2/t19-,20-,22-/m0/s1. The summed E-state index contributed by atoms with van der Waals surface area (Å²) in [6.45, 7) is 1.02. The van der Waals surface area contributed by atoms with E-state index in [-0.39, 0.29) is 23.6 Å². The van der Waals surface area contributed by atoms with Crippen molar-refractivity contribution in [2.24, 2.45) is 5.73 Å². The van der Waals surface area contributed by atoms with E-state index in [4.69, 9.17) is 22.1 Å². The van der Waals surface area contributed by atoms with Gasteiger partial charge in [-0.25, -0.2) is 4.79 Å². The molecular weight excluding hydrogens is 360 g/mol. The van der Waals surface area contributed by atoms with Crippen LogP contribution in [0.4, 0.5) is 4.79 Å². The highest BCUT2D eigenvalue weighted by Gasteiger charge is 2.44. The summed E-state index contributed by atoms with van der Waals surface area (Å²) in [6.07, 6.45) is 3.53. The number of ether oxygens (including phenoxy) is 1. The predicted molar refractivity (Wildman–Crippen MR) is 107 cm³/mol. The lowest BCUT2D eigenvalue weighted by Gasteiger charge is -2.43. The minimum atomic E-state index is -0.197. The highest BCUT2D eigenvalue weighted by atomic mass is 35.5. The number of nitrogens with two attached hydrogens (primary N) is 1. The number of benzene rings is 2. The maximum Gasteiger partial charge on any atom is 0.410 e. The van der Waals surface area contributed by atoms with Crippen LogP contribution < -0.4 is 5.73 Å². The minimum Gasteiger partial charge on any atom is -0.447 e. The Kier molecular flexibility index (Phi) is 5.11. The van der Waals surface area contributed by atoms with Crippen LogP contribution in [0, 0.1) is 0 Å². The van der Waals surface area contributed by atoms with Crippen molar-refractivity contribution < 1.29 is 9.53 Å². The number of carbonyl (C=O) groups excluding carboxylic acids is 1. The molecule has 0 unspecified atom stereocenters. The molecule has 0 radical (unpaired) electrons. The van der Waals surface area contributed by atoms with Gasteiger partial charge in [0, 0.05) is 23.0 Å². The first-order valence-corrected chi connectivity index (χ1v) is 9.97. The van der Waals surface area contributed by atoms with E-state index < -0.39 is 0 Å². The summed E-state index contributed by atoms with van der Waals surface area (Å²) >= 11 is 6.21. The van der Waals surface area contributed by atoms with Crippen molar-refractivity contribution in [3.05, 3.63) is 70.7 Å². The molecule has 1 saturated heterocycles. The molecule has 0 aromatic heterocycles. The van der Waals surface area contributed by atoms with E-state index >= 15 is 0 Å². The minimum absolute atomic E-state index is 0.000228. The fourth-order valence-electron chi connectivity index (χ4n) is 4.63. The Morgan fingerprint density at radius 1 is 1.11 bits per heavy atom. The van der Waals surface area contributed by atoms with Gasteiger partial charge in [-0.1, -0.05) is 54.1 Å². The molecule has 2 aliphatic rings. The van der Waals surface area contributed by atoms with E-state index in [0.717, 1.165) is 36.3 Å². The maximum absolute atomic E-state index is 12.5. The summed E-state index contributed by atoms with van der Waals surface area (Å²) < 4.78 is 5.41. The second kappa shape index (κ2) is 7.53. The summed E-state index contributed by atoms with van der Waals surface area (Å²) in [5.74, 6) is 0. The molecule has 5 heteroatoms. The highest BCUT2D eigenvalue weighted by Crippen LogP contribution is 2.43. The molecule has 4 nitrogen and oxygen atoms in total. The second-order valence-electron chi connectivity index (χ2n) is 7.64. The summed E-state index contributed by atoms with van der Waals surface area (Å²) in [5.41, 5.74) is 8.50. The lowest BCUT2D eigenvalue weighted by Crippen LogP contribution is -2.46. The summed E-state index contributed by atoms with van der Waals surface area (Å²) in [5, 5.41) is 0.745. The van der Waals surface area contributed by atoms with Crippen molar-refractivity contribution in [2.45, 2.75) is 43.2 Å². The molecule has 2 aromatic carbocycles. The van der Waals surface area contributed by atoms with Gasteiger partial charge in [-0.3, -0.25) is 4.90 Å². The van der Waals surface area contributed by atoms with Crippen LogP contribution in [0.3, 0.4) is 0 Å². The Morgan fingerprint density at radius 3 is 2.52 bits per heavy atom. The molecule has 0 spiro atoms. The maximum atomic E-state index is 12.5. The SMILES string of the molecule is NC[C@]1(c2cccc(Cl)c2)CC[C@H](N2C(=O)OC[C@H]2c2ccccc2)CC1. The molecule has 142 valence electrons. The van der Waals surface area contributed by atoms with E-state index in [2.05, 4.69) is 18.2 Å². The Morgan fingerprint density at radius 2 is 1.85 bits per heavy atom. The van der Waals surface area contributed by atoms with Gasteiger partial charge >= 0.3 is 6.09 Å². The largest absolute Gasteiger partial charge is 0.447 e. The number of hydrogen-bond donors (Lipinski definition) is 1. The number of nitrogens with zero attached hydrogens (tertiary/aromatic N) is 1. The van der Waals surface area contributed by atoms with Crippen LogP contribution in [0.1, 0.15) is 42.9 Å². The molecule has 1 aliphatic heterocycles. The number of cyclic esters (lactones) is 1. The predicted octanol–water partition coefficient (Wildman–Crippen LogP) is 4.67. The van der Waals surface area contributed by atoms with E-state index in [1.165, 1.54) is 5.56 Å². The zero-order valence-corrected chi connectivity index (χ0v) is 16.1. The van der Waals surface area contributed by atoms with Crippen molar-refractivity contribution in [1.29, 1.82) is 0 Å². The first-order chi connectivity index (χ1) is 13.1. The van der Waals surface area contributed by atoms with E-state index in [1.54, 1.807) is 0 Å². The van der Waals surface area contributed by atoms with E-state index in [1.807, 2.05) is 41.3 Å². The monoisotopic (exact) mass is 384 g/mol. The van der Waals surface area contributed by atoms with Gasteiger partial charge in [-0.15, -0.1) is 0 Å². The molecule has 1 saturated carbocycles. The molecule has 1 aliphatic carbocycles. The van der Waals surface area contributed by atoms with Crippen LogP contribution in [-0.2, 0) is 10.2 Å². The molecule has 1 heterocycles. The molecular formula is C22H25ClN2O2. The third-order valence-electron chi connectivity index (χ3n) is 6.23. The van der Waals surface area contributed by atoms with Crippen LogP contribution in [0.5, 0.6) is 0 Å². The first-order valence-electron chi connectivity index (χ1n) is 9.59. The third-order valence-corrected chi connectivity index (χ3v) is 6.46. The van der Waals surface area contributed by atoms with Gasteiger partial charge in [0.1, 0.15) is 6.61 Å². The van der Waals surface area contributed by atoms with Gasteiger partial charge in [0.15, 0.2) is 0 Å². The summed E-state index contributed by atoms with van der Waals surface area (Å²) in [7, 11) is 0. The average Bonchev–Trinajstić information content (AvgIpc) is 3.10. The Balaban J connectivity index is 1.53. The third kappa shape index (κ3) is 3.44. The second-order valence-corrected chi connectivity index (χ2v) is 8.07. The fourth-order valence-corrected chi connectivity index (χ4v) is 4.82. The average molecular weight is 385 g/mol. The van der Waals surface area contributed by atoms with Crippen LogP contribution in [0.25, 0.3) is 0 Å². The van der Waals surface area contributed by atoms with Crippen molar-refractivity contribution in [3.63, 3.8) is 0 Å². The zero-order chi connectivity index (χ0) is 18.9. The van der Waals surface area contributed by atoms with Crippen molar-refractivity contribution >= 4 is 17.7 Å². The number of amides is 1. The molecule has 27 heavy (non-hydrogen) atoms. The summed E-state index contributed by atoms with van der Waals surface area (Å²) in [6, 6.07) is 18.4. The fraction of sp³-hybridized carbons (Fsp3) is 0.409. The normalized spacial score (nSPS) is 28.2. The Labute approximate surface area is 165 Å². The lowest BCUT2D eigenvalue weighted by molar-refractivity contribution is 0.117. The zero-order valence-electron chi connectivity index (χ0n) is 15.3. The molecule has 4 rings (SSSR count). The molecule has 2 fully saturated rings. The van der Waals surface area contributed by atoms with Crippen molar-refractivity contribution in [3.8, 4) is 0 Å². The molecule has 0 bridgehead atoms. The molecule has 1 atom stereocenters. The molecule has 1 amide bonds. The van der Waals surface area contributed by atoms with Gasteiger partial charge in [0.05, 0.1) is 6.04 Å². The van der Waals surface area contributed by atoms with Crippen molar-refractivity contribution in [1.82, 2.24) is 4.90 Å². The van der Waals surface area contributed by atoms with Crippen LogP contribution in [-0.4, -0.2) is 30.2 Å². The van der Waals surface area contributed by atoms with Gasteiger partial charge in [0.25, 0.3) is 0 Å². The molecule has 2 aromatic rings. The Hall–Kier alpha value is -2.04. The first kappa shape index (κ1) is 18.3. The van der Waals surface area contributed by atoms with E-state index in [9.17, 15) is 4.79 Å². The molecule has 2 N–H and O–H groups in total. The summed E-state index contributed by atoms with van der Waals surface area (Å²) in [4.78, 5) is 14.4. The Bertz CT molecular complexity index is 803. The van der Waals surface area contributed by atoms with Crippen LogP contribution in [0.2, 0.25) is 5.02 Å². The topological polar surface area (TPSA) is 55.6 Å².